The third kappa shape index (κ3) is 6.01. The number of esters is 1. The molecule has 1 aromatic carbocycles. The second-order valence-electron chi connectivity index (χ2n) is 7.68. The molecular formula is C22H30N2O4S. The first-order chi connectivity index (χ1) is 14.0. The summed E-state index contributed by atoms with van der Waals surface area (Å²) in [7, 11) is 1.35. The number of nitrogens with zero attached hydrogens (tertiary/aromatic N) is 2. The molecule has 1 fully saturated rings. The molecule has 3 rings (SSSR count). The van der Waals surface area contributed by atoms with Gasteiger partial charge in [0.2, 0.25) is 0 Å². The van der Waals surface area contributed by atoms with E-state index in [1.807, 2.05) is 12.1 Å². The second kappa shape index (κ2) is 10.2. The van der Waals surface area contributed by atoms with E-state index in [9.17, 15) is 4.79 Å². The summed E-state index contributed by atoms with van der Waals surface area (Å²) in [6.07, 6.45) is 0.988. The molecule has 2 unspecified atom stereocenters. The number of hydrogen-bond acceptors (Lipinski definition) is 7. The van der Waals surface area contributed by atoms with Gasteiger partial charge in [0.05, 0.1) is 24.4 Å². The Hall–Kier alpha value is -1.96. The largest absolute Gasteiger partial charge is 0.482 e. The molecule has 29 heavy (non-hydrogen) atoms. The molecule has 0 spiro atoms. The summed E-state index contributed by atoms with van der Waals surface area (Å²) in [4.78, 5) is 18.4. The minimum atomic E-state index is -0.384. The topological polar surface area (TPSA) is 60.9 Å². The van der Waals surface area contributed by atoms with Crippen molar-refractivity contribution in [2.75, 3.05) is 33.4 Å². The molecule has 7 heteroatoms. The quantitative estimate of drug-likeness (QED) is 0.608. The van der Waals surface area contributed by atoms with E-state index < -0.39 is 0 Å². The zero-order valence-electron chi connectivity index (χ0n) is 17.6. The summed E-state index contributed by atoms with van der Waals surface area (Å²) < 4.78 is 16.0. The van der Waals surface area contributed by atoms with Crippen LogP contribution in [0.5, 0.6) is 5.75 Å². The maximum atomic E-state index is 11.2. The minimum Gasteiger partial charge on any atom is -0.482 e. The van der Waals surface area contributed by atoms with E-state index in [2.05, 4.69) is 47.9 Å². The summed E-state index contributed by atoms with van der Waals surface area (Å²) in [6.45, 7) is 9.04. The van der Waals surface area contributed by atoms with E-state index >= 15 is 0 Å². The van der Waals surface area contributed by atoms with Crippen LogP contribution in [0.2, 0.25) is 0 Å². The van der Waals surface area contributed by atoms with Gasteiger partial charge in [-0.2, -0.15) is 0 Å². The highest BCUT2D eigenvalue weighted by molar-refractivity contribution is 7.09. The molecule has 6 nitrogen and oxygen atoms in total. The Morgan fingerprint density at radius 2 is 2.07 bits per heavy atom. The molecule has 1 aromatic heterocycles. The number of rotatable bonds is 8. The number of methoxy groups -OCH3 is 1. The molecule has 2 atom stereocenters. The lowest BCUT2D eigenvalue weighted by Crippen LogP contribution is -2.44. The first kappa shape index (κ1) is 21.7. The van der Waals surface area contributed by atoms with Crippen LogP contribution >= 0.6 is 11.3 Å². The van der Waals surface area contributed by atoms with E-state index in [1.165, 1.54) is 17.7 Å². The number of carbonyl (C=O) groups excluding carboxylic acids is 1. The normalized spacial score (nSPS) is 18.6. The van der Waals surface area contributed by atoms with Crippen LogP contribution in [0, 0.1) is 0 Å². The van der Waals surface area contributed by atoms with Crippen molar-refractivity contribution in [2.45, 2.75) is 45.3 Å². The molecule has 0 amide bonds. The Bertz CT molecular complexity index is 790. The highest BCUT2D eigenvalue weighted by Gasteiger charge is 2.27. The van der Waals surface area contributed by atoms with E-state index in [-0.39, 0.29) is 18.7 Å². The maximum Gasteiger partial charge on any atom is 0.343 e. The van der Waals surface area contributed by atoms with Gasteiger partial charge in [-0.25, -0.2) is 9.78 Å². The Balaban J connectivity index is 1.54. The fraction of sp³-hybridized carbons (Fsp3) is 0.545. The first-order valence-electron chi connectivity index (χ1n) is 10.1. The number of benzene rings is 1. The van der Waals surface area contributed by atoms with Crippen LogP contribution < -0.4 is 4.74 Å². The zero-order chi connectivity index (χ0) is 20.8. The third-order valence-electron chi connectivity index (χ3n) is 5.12. The fourth-order valence-electron chi connectivity index (χ4n) is 3.36. The lowest BCUT2D eigenvalue weighted by molar-refractivity contribution is -0.142. The summed E-state index contributed by atoms with van der Waals surface area (Å²) in [5.74, 6) is 0.736. The van der Waals surface area contributed by atoms with E-state index in [0.717, 1.165) is 31.8 Å². The molecule has 2 aromatic rings. The average Bonchev–Trinajstić information content (AvgIpc) is 3.24. The highest BCUT2D eigenvalue weighted by Crippen LogP contribution is 2.28. The highest BCUT2D eigenvalue weighted by atomic mass is 32.1. The van der Waals surface area contributed by atoms with Gasteiger partial charge in [-0.3, -0.25) is 4.90 Å². The maximum absolute atomic E-state index is 11.2. The van der Waals surface area contributed by atoms with Crippen LogP contribution in [-0.2, 0) is 20.7 Å². The number of hydrogen-bond donors (Lipinski definition) is 0. The molecular weight excluding hydrogens is 388 g/mol. The second-order valence-corrected chi connectivity index (χ2v) is 8.57. The van der Waals surface area contributed by atoms with Crippen molar-refractivity contribution in [1.82, 2.24) is 9.88 Å². The molecule has 1 aliphatic heterocycles. The molecule has 0 saturated carbocycles. The number of thiazole rings is 1. The number of aromatic nitrogens is 1. The van der Waals surface area contributed by atoms with Crippen LogP contribution in [0.4, 0.5) is 0 Å². The van der Waals surface area contributed by atoms with Crippen LogP contribution in [0.25, 0.3) is 0 Å². The molecule has 0 radical (unpaired) electrons. The van der Waals surface area contributed by atoms with Crippen molar-refractivity contribution in [2.24, 2.45) is 0 Å². The average molecular weight is 419 g/mol. The molecule has 0 N–H and O–H groups in total. The summed E-state index contributed by atoms with van der Waals surface area (Å²) in [5, 5.41) is 3.31. The van der Waals surface area contributed by atoms with Gasteiger partial charge in [0, 0.05) is 30.4 Å². The first-order valence-corrected chi connectivity index (χ1v) is 10.9. The van der Waals surface area contributed by atoms with Crippen molar-refractivity contribution < 1.29 is 19.0 Å². The van der Waals surface area contributed by atoms with Crippen LogP contribution in [0.15, 0.2) is 29.6 Å². The Labute approximate surface area is 176 Å². The van der Waals surface area contributed by atoms with Gasteiger partial charge in [-0.15, -0.1) is 11.3 Å². The monoisotopic (exact) mass is 418 g/mol. The molecule has 1 saturated heterocycles. The van der Waals surface area contributed by atoms with Gasteiger partial charge in [0.25, 0.3) is 0 Å². The molecule has 1 aliphatic rings. The standard InChI is InChI=1S/C22H30N2O4S/c1-15(2)22-23-19(14-29-22)20-12-24(9-10-27-20)16(3)11-17-5-7-18(8-6-17)28-13-21(25)26-4/h5-8,14-16,20H,9-13H2,1-4H3. The lowest BCUT2D eigenvalue weighted by atomic mass is 10.0. The molecule has 2 heterocycles. The van der Waals surface area contributed by atoms with Gasteiger partial charge in [-0.05, 0) is 31.0 Å². The zero-order valence-corrected chi connectivity index (χ0v) is 18.4. The number of carbonyl (C=O) groups is 1. The Kier molecular flexibility index (Phi) is 7.64. The van der Waals surface area contributed by atoms with Crippen molar-refractivity contribution >= 4 is 17.3 Å². The summed E-state index contributed by atoms with van der Waals surface area (Å²) in [6, 6.07) is 8.30. The van der Waals surface area contributed by atoms with E-state index in [4.69, 9.17) is 14.5 Å². The number of morpholine rings is 1. The lowest BCUT2D eigenvalue weighted by Gasteiger charge is -2.36. The van der Waals surface area contributed by atoms with Gasteiger partial charge in [0.15, 0.2) is 6.61 Å². The third-order valence-corrected chi connectivity index (χ3v) is 6.29. The predicted molar refractivity (Wildman–Crippen MR) is 114 cm³/mol. The smallest absolute Gasteiger partial charge is 0.343 e. The van der Waals surface area contributed by atoms with E-state index in [1.54, 1.807) is 11.3 Å². The minimum absolute atomic E-state index is 0.0454. The Morgan fingerprint density at radius 1 is 1.31 bits per heavy atom. The molecule has 158 valence electrons. The summed E-state index contributed by atoms with van der Waals surface area (Å²) in [5.41, 5.74) is 2.30. The van der Waals surface area contributed by atoms with Gasteiger partial charge in [-0.1, -0.05) is 26.0 Å². The van der Waals surface area contributed by atoms with Crippen LogP contribution in [0.1, 0.15) is 49.1 Å². The predicted octanol–water partition coefficient (Wildman–Crippen LogP) is 3.82. The van der Waals surface area contributed by atoms with Crippen molar-refractivity contribution in [3.8, 4) is 5.75 Å². The van der Waals surface area contributed by atoms with Gasteiger partial charge < -0.3 is 14.2 Å². The summed E-state index contributed by atoms with van der Waals surface area (Å²) >= 11 is 1.72. The van der Waals surface area contributed by atoms with Crippen LogP contribution in [-0.4, -0.2) is 55.3 Å². The van der Waals surface area contributed by atoms with Crippen molar-refractivity contribution in [3.63, 3.8) is 0 Å². The van der Waals surface area contributed by atoms with Gasteiger partial charge in [0.1, 0.15) is 11.9 Å². The van der Waals surface area contributed by atoms with Crippen molar-refractivity contribution in [1.29, 1.82) is 0 Å². The van der Waals surface area contributed by atoms with Crippen molar-refractivity contribution in [3.05, 3.63) is 45.9 Å². The SMILES string of the molecule is COC(=O)COc1ccc(CC(C)N2CCOC(c3csc(C(C)C)n3)C2)cc1. The van der Waals surface area contributed by atoms with Crippen LogP contribution in [0.3, 0.4) is 0 Å². The fourth-order valence-corrected chi connectivity index (χ4v) is 4.23. The molecule has 0 bridgehead atoms. The van der Waals surface area contributed by atoms with Gasteiger partial charge >= 0.3 is 5.97 Å². The van der Waals surface area contributed by atoms with E-state index in [0.29, 0.717) is 17.7 Å². The molecule has 0 aliphatic carbocycles. The number of ether oxygens (including phenoxy) is 3. The Morgan fingerprint density at radius 3 is 2.72 bits per heavy atom.